The summed E-state index contributed by atoms with van der Waals surface area (Å²) >= 11 is 0. The molecule has 1 atom stereocenters. The van der Waals surface area contributed by atoms with E-state index < -0.39 is 6.17 Å². The lowest BCUT2D eigenvalue weighted by Gasteiger charge is -2.07. The molecule has 1 nitrogen and oxygen atoms in total. The second kappa shape index (κ2) is 2.10. The number of rotatable bonds is 0. The lowest BCUT2D eigenvalue weighted by atomic mass is 10.2. The first kappa shape index (κ1) is 7.29. The molecule has 2 rings (SSSR count). The highest BCUT2D eigenvalue weighted by atomic mass is 35.5. The fraction of sp³-hybridized carbons (Fsp3) is 1.00. The smallest absolute Gasteiger partial charge is 0.119 e. The predicted octanol–water partition coefficient (Wildman–Crippen LogP) is 1.27. The standard InChI is InChI=1S/C6H10FN.ClH/c7-5-1-4-8-6(5)2-3-6;/h5,8H,1-4H2;1H. The first-order chi connectivity index (χ1) is 3.83. The Morgan fingerprint density at radius 2 is 2.11 bits per heavy atom. The van der Waals surface area contributed by atoms with Gasteiger partial charge in [-0.1, -0.05) is 0 Å². The van der Waals surface area contributed by atoms with E-state index in [0.717, 1.165) is 25.8 Å². The molecule has 0 radical (unpaired) electrons. The molecule has 1 spiro atoms. The zero-order chi connectivity index (χ0) is 5.61. The second-order valence-electron chi connectivity index (χ2n) is 2.84. The van der Waals surface area contributed by atoms with Crippen molar-refractivity contribution >= 4 is 12.4 Å². The van der Waals surface area contributed by atoms with Crippen molar-refractivity contribution in [3.63, 3.8) is 0 Å². The third-order valence-electron chi connectivity index (χ3n) is 2.26. The van der Waals surface area contributed by atoms with Gasteiger partial charge in [0.2, 0.25) is 0 Å². The van der Waals surface area contributed by atoms with Crippen LogP contribution >= 0.6 is 12.4 Å². The molecule has 1 aliphatic heterocycles. The second-order valence-corrected chi connectivity index (χ2v) is 2.84. The van der Waals surface area contributed by atoms with Gasteiger partial charge in [0.05, 0.1) is 0 Å². The predicted molar refractivity (Wildman–Crippen MR) is 36.7 cm³/mol. The van der Waals surface area contributed by atoms with Crippen LogP contribution in [0.1, 0.15) is 19.3 Å². The lowest BCUT2D eigenvalue weighted by Crippen LogP contribution is -2.29. The molecule has 1 N–H and O–H groups in total. The van der Waals surface area contributed by atoms with Crippen molar-refractivity contribution in [2.24, 2.45) is 0 Å². The normalized spacial score (nSPS) is 36.3. The summed E-state index contributed by atoms with van der Waals surface area (Å²) in [5.41, 5.74) is -0.0139. The van der Waals surface area contributed by atoms with Crippen LogP contribution in [0.3, 0.4) is 0 Å². The number of hydrogen-bond acceptors (Lipinski definition) is 1. The van der Waals surface area contributed by atoms with E-state index in [-0.39, 0.29) is 17.9 Å². The van der Waals surface area contributed by atoms with Crippen molar-refractivity contribution in [3.8, 4) is 0 Å². The maximum Gasteiger partial charge on any atom is 0.119 e. The van der Waals surface area contributed by atoms with Crippen LogP contribution in [0.25, 0.3) is 0 Å². The van der Waals surface area contributed by atoms with E-state index in [0.29, 0.717) is 0 Å². The Bertz CT molecular complexity index is 114. The molecule has 54 valence electrons. The molecule has 1 heterocycles. The minimum Gasteiger partial charge on any atom is -0.309 e. The fourth-order valence-corrected chi connectivity index (χ4v) is 1.46. The van der Waals surface area contributed by atoms with Crippen LogP contribution in [0.2, 0.25) is 0 Å². The van der Waals surface area contributed by atoms with Crippen LogP contribution in [0.4, 0.5) is 4.39 Å². The maximum absolute atomic E-state index is 12.7. The average molecular weight is 152 g/mol. The van der Waals surface area contributed by atoms with Gasteiger partial charge in [-0.3, -0.25) is 0 Å². The van der Waals surface area contributed by atoms with Gasteiger partial charge in [0.25, 0.3) is 0 Å². The Labute approximate surface area is 60.4 Å². The highest BCUT2D eigenvalue weighted by molar-refractivity contribution is 5.85. The van der Waals surface area contributed by atoms with Crippen LogP contribution in [-0.2, 0) is 0 Å². The third kappa shape index (κ3) is 0.945. The number of nitrogens with one attached hydrogen (secondary N) is 1. The van der Waals surface area contributed by atoms with Gasteiger partial charge >= 0.3 is 0 Å². The molecule has 9 heavy (non-hydrogen) atoms. The number of halogens is 2. The molecule has 0 aromatic carbocycles. The Balaban J connectivity index is 0.000000405. The van der Waals surface area contributed by atoms with E-state index in [9.17, 15) is 4.39 Å². The molecule has 0 amide bonds. The molecule has 0 bridgehead atoms. The first-order valence-electron chi connectivity index (χ1n) is 3.23. The Hall–Kier alpha value is 0.180. The third-order valence-corrected chi connectivity index (χ3v) is 2.26. The van der Waals surface area contributed by atoms with Crippen molar-refractivity contribution in [3.05, 3.63) is 0 Å². The SMILES string of the molecule is Cl.FC1CCNC12CC2. The summed E-state index contributed by atoms with van der Waals surface area (Å²) in [5, 5.41) is 3.18. The highest BCUT2D eigenvalue weighted by Crippen LogP contribution is 2.44. The molecule has 2 aliphatic rings. The maximum atomic E-state index is 12.7. The van der Waals surface area contributed by atoms with E-state index in [1.807, 2.05) is 0 Å². The summed E-state index contributed by atoms with van der Waals surface area (Å²) in [6.07, 6.45) is 2.32. The van der Waals surface area contributed by atoms with Crippen LogP contribution in [0.15, 0.2) is 0 Å². The summed E-state index contributed by atoms with van der Waals surface area (Å²) in [5.74, 6) is 0. The summed E-state index contributed by atoms with van der Waals surface area (Å²) in [6, 6.07) is 0. The summed E-state index contributed by atoms with van der Waals surface area (Å²) in [4.78, 5) is 0. The Kier molecular flexibility index (Phi) is 1.70. The van der Waals surface area contributed by atoms with Gasteiger partial charge < -0.3 is 5.32 Å². The molecule has 0 aromatic rings. The summed E-state index contributed by atoms with van der Waals surface area (Å²) in [6.45, 7) is 0.890. The Morgan fingerprint density at radius 1 is 1.44 bits per heavy atom. The van der Waals surface area contributed by atoms with Gasteiger partial charge in [-0.05, 0) is 25.8 Å². The minimum atomic E-state index is -0.539. The molecular formula is C6H11ClFN. The molecule has 1 saturated carbocycles. The van der Waals surface area contributed by atoms with Gasteiger partial charge in [0, 0.05) is 5.54 Å². The molecule has 1 aliphatic carbocycles. The Morgan fingerprint density at radius 3 is 2.33 bits per heavy atom. The van der Waals surface area contributed by atoms with Crippen LogP contribution in [-0.4, -0.2) is 18.3 Å². The van der Waals surface area contributed by atoms with Crippen molar-refractivity contribution in [2.45, 2.75) is 31.0 Å². The summed E-state index contributed by atoms with van der Waals surface area (Å²) in [7, 11) is 0. The van der Waals surface area contributed by atoms with Gasteiger partial charge in [0.15, 0.2) is 0 Å². The largest absolute Gasteiger partial charge is 0.309 e. The fourth-order valence-electron chi connectivity index (χ4n) is 1.46. The monoisotopic (exact) mass is 151 g/mol. The highest BCUT2D eigenvalue weighted by Gasteiger charge is 2.52. The van der Waals surface area contributed by atoms with E-state index in [1.165, 1.54) is 0 Å². The van der Waals surface area contributed by atoms with Crippen LogP contribution < -0.4 is 5.32 Å². The van der Waals surface area contributed by atoms with Gasteiger partial charge in [-0.15, -0.1) is 12.4 Å². The minimum absolute atomic E-state index is 0. The number of alkyl halides is 1. The van der Waals surface area contributed by atoms with E-state index >= 15 is 0 Å². The molecule has 1 unspecified atom stereocenters. The number of hydrogen-bond donors (Lipinski definition) is 1. The van der Waals surface area contributed by atoms with E-state index in [2.05, 4.69) is 5.32 Å². The van der Waals surface area contributed by atoms with Gasteiger partial charge in [-0.2, -0.15) is 0 Å². The van der Waals surface area contributed by atoms with Crippen molar-refractivity contribution in [1.82, 2.24) is 5.32 Å². The molecule has 3 heteroatoms. The molecule has 1 saturated heterocycles. The van der Waals surface area contributed by atoms with Crippen molar-refractivity contribution in [2.75, 3.05) is 6.54 Å². The van der Waals surface area contributed by atoms with Crippen LogP contribution in [0, 0.1) is 0 Å². The van der Waals surface area contributed by atoms with Crippen molar-refractivity contribution < 1.29 is 4.39 Å². The molecule has 2 fully saturated rings. The first-order valence-corrected chi connectivity index (χ1v) is 3.23. The van der Waals surface area contributed by atoms with Gasteiger partial charge in [-0.25, -0.2) is 4.39 Å². The molecular weight excluding hydrogens is 141 g/mol. The van der Waals surface area contributed by atoms with E-state index in [1.54, 1.807) is 0 Å². The molecule has 0 aromatic heterocycles. The lowest BCUT2D eigenvalue weighted by molar-refractivity contribution is 0.288. The summed E-state index contributed by atoms with van der Waals surface area (Å²) < 4.78 is 12.7. The van der Waals surface area contributed by atoms with Crippen LogP contribution in [0.5, 0.6) is 0 Å². The van der Waals surface area contributed by atoms with Crippen molar-refractivity contribution in [1.29, 1.82) is 0 Å². The topological polar surface area (TPSA) is 12.0 Å². The average Bonchev–Trinajstić information content (AvgIpc) is 2.39. The van der Waals surface area contributed by atoms with E-state index in [4.69, 9.17) is 0 Å². The zero-order valence-electron chi connectivity index (χ0n) is 5.19. The quantitative estimate of drug-likeness (QED) is 0.550. The van der Waals surface area contributed by atoms with Gasteiger partial charge in [0.1, 0.15) is 6.17 Å². The zero-order valence-corrected chi connectivity index (χ0v) is 6.01.